The monoisotopic (exact) mass is 354 g/mol. The van der Waals surface area contributed by atoms with E-state index >= 15 is 0 Å². The fourth-order valence-electron chi connectivity index (χ4n) is 2.03. The first-order valence-electron chi connectivity index (χ1n) is 8.03. The van der Waals surface area contributed by atoms with Crippen LogP contribution in [0.25, 0.3) is 0 Å². The van der Waals surface area contributed by atoms with Gasteiger partial charge in [0.25, 0.3) is 0 Å². The third kappa shape index (κ3) is 12.0. The molecule has 0 bridgehead atoms. The van der Waals surface area contributed by atoms with Gasteiger partial charge in [0.05, 0.1) is 0 Å². The molecule has 2 unspecified atom stereocenters. The summed E-state index contributed by atoms with van der Waals surface area (Å²) < 4.78 is 24.0. The van der Waals surface area contributed by atoms with Gasteiger partial charge >= 0.3 is 0 Å². The summed E-state index contributed by atoms with van der Waals surface area (Å²) in [5, 5.41) is 17.9. The Morgan fingerprint density at radius 3 is 1.23 bits per heavy atom. The minimum absolute atomic E-state index is 0.0118. The van der Waals surface area contributed by atoms with Crippen LogP contribution in [0, 0.1) is 10.8 Å². The zero-order valence-electron chi connectivity index (χ0n) is 14.6. The first-order valence-corrected chi connectivity index (χ1v) is 11.0. The van der Waals surface area contributed by atoms with Crippen molar-refractivity contribution in [3.05, 3.63) is 0 Å². The molecule has 6 heteroatoms. The number of rotatable bonds is 13. The number of hydrogen-bond acceptors (Lipinski definition) is 4. The molecule has 4 nitrogen and oxygen atoms in total. The number of aliphatic hydroxyl groups excluding tert-OH is 2. The fraction of sp³-hybridized carbons (Fsp3) is 1.00. The summed E-state index contributed by atoms with van der Waals surface area (Å²) in [4.78, 5) is 0. The molecule has 0 aromatic rings. The molecular formula is C16H34O4S2. The second-order valence-electron chi connectivity index (χ2n) is 7.47. The van der Waals surface area contributed by atoms with E-state index in [4.69, 9.17) is 10.2 Å². The summed E-state index contributed by atoms with van der Waals surface area (Å²) in [5.41, 5.74) is 0.0236. The van der Waals surface area contributed by atoms with Crippen molar-refractivity contribution in [1.82, 2.24) is 0 Å². The molecule has 0 heterocycles. The van der Waals surface area contributed by atoms with Gasteiger partial charge in [-0.1, -0.05) is 27.7 Å². The molecule has 0 saturated heterocycles. The van der Waals surface area contributed by atoms with Gasteiger partial charge in [0.2, 0.25) is 0 Å². The lowest BCUT2D eigenvalue weighted by atomic mass is 9.87. The smallest absolute Gasteiger partial charge is 0.149 e. The first kappa shape index (κ1) is 22.5. The Morgan fingerprint density at radius 2 is 0.955 bits per heavy atom. The van der Waals surface area contributed by atoms with Crippen LogP contribution in [0.5, 0.6) is 0 Å². The van der Waals surface area contributed by atoms with E-state index in [1.165, 1.54) is 0 Å². The van der Waals surface area contributed by atoms with Crippen LogP contribution in [0.15, 0.2) is 0 Å². The van der Waals surface area contributed by atoms with Crippen LogP contribution in [0.4, 0.5) is 0 Å². The van der Waals surface area contributed by atoms with Gasteiger partial charge in [-0.15, -0.1) is 0 Å². The molecule has 0 aromatic heterocycles. The average Bonchev–Trinajstić information content (AvgIpc) is 2.41. The van der Waals surface area contributed by atoms with E-state index in [1.807, 2.05) is 0 Å². The fourth-order valence-corrected chi connectivity index (χ4v) is 5.48. The SMILES string of the molecule is CC(C)(CCO)CC[S+]([O-])CC[S+]([O-])CCC(C)(C)CCO. The molecule has 0 aliphatic heterocycles. The van der Waals surface area contributed by atoms with Gasteiger partial charge in [0.15, 0.2) is 0 Å². The summed E-state index contributed by atoms with van der Waals surface area (Å²) in [5.74, 6) is 2.20. The Balaban J connectivity index is 3.88. The van der Waals surface area contributed by atoms with Crippen molar-refractivity contribution in [2.45, 2.75) is 53.4 Å². The predicted molar refractivity (Wildman–Crippen MR) is 96.0 cm³/mol. The van der Waals surface area contributed by atoms with Gasteiger partial charge in [-0.3, -0.25) is 0 Å². The Kier molecular flexibility index (Phi) is 11.4. The maximum Gasteiger partial charge on any atom is 0.149 e. The molecule has 0 radical (unpaired) electrons. The van der Waals surface area contributed by atoms with E-state index < -0.39 is 22.4 Å². The van der Waals surface area contributed by atoms with Crippen molar-refractivity contribution in [2.75, 3.05) is 36.2 Å². The number of hydrogen-bond donors (Lipinski definition) is 2. The molecule has 2 N–H and O–H groups in total. The van der Waals surface area contributed by atoms with Crippen LogP contribution >= 0.6 is 0 Å². The topological polar surface area (TPSA) is 86.6 Å². The van der Waals surface area contributed by atoms with Crippen LogP contribution in [-0.2, 0) is 22.4 Å². The average molecular weight is 355 g/mol. The van der Waals surface area contributed by atoms with Crippen molar-refractivity contribution < 1.29 is 19.3 Å². The van der Waals surface area contributed by atoms with Crippen LogP contribution in [0.1, 0.15) is 53.4 Å². The second-order valence-corrected chi connectivity index (χ2v) is 10.9. The summed E-state index contributed by atoms with van der Waals surface area (Å²) >= 11 is -1.87. The van der Waals surface area contributed by atoms with E-state index in [2.05, 4.69) is 27.7 Å². The summed E-state index contributed by atoms with van der Waals surface area (Å²) in [7, 11) is 0. The minimum atomic E-state index is -0.933. The lowest BCUT2D eigenvalue weighted by Crippen LogP contribution is -2.26. The summed E-state index contributed by atoms with van der Waals surface area (Å²) in [6.07, 6.45) is 3.07. The molecular weight excluding hydrogens is 320 g/mol. The maximum absolute atomic E-state index is 12.0. The molecule has 0 spiro atoms. The molecule has 0 aromatic carbocycles. The second kappa shape index (κ2) is 11.2. The molecule has 0 fully saturated rings. The van der Waals surface area contributed by atoms with Crippen LogP contribution in [-0.4, -0.2) is 55.5 Å². The van der Waals surface area contributed by atoms with E-state index in [0.29, 0.717) is 23.0 Å². The highest BCUT2D eigenvalue weighted by atomic mass is 32.2. The highest BCUT2D eigenvalue weighted by molar-refractivity contribution is 7.95. The molecule has 134 valence electrons. The lowest BCUT2D eigenvalue weighted by molar-refractivity contribution is 0.207. The molecule has 0 rings (SSSR count). The van der Waals surface area contributed by atoms with Crippen LogP contribution < -0.4 is 0 Å². The van der Waals surface area contributed by atoms with E-state index in [-0.39, 0.29) is 24.0 Å². The van der Waals surface area contributed by atoms with E-state index in [1.54, 1.807) is 0 Å². The highest BCUT2D eigenvalue weighted by Crippen LogP contribution is 2.26. The molecule has 0 amide bonds. The molecule has 22 heavy (non-hydrogen) atoms. The first-order chi connectivity index (χ1) is 10.1. The van der Waals surface area contributed by atoms with Crippen molar-refractivity contribution >= 4 is 22.4 Å². The van der Waals surface area contributed by atoms with E-state index in [0.717, 1.165) is 25.7 Å². The Hall–Kier alpha value is 0.540. The molecule has 0 aliphatic carbocycles. The Bertz CT molecular complexity index is 257. The predicted octanol–water partition coefficient (Wildman–Crippen LogP) is 2.08. The number of aliphatic hydroxyl groups is 2. The van der Waals surface area contributed by atoms with E-state index in [9.17, 15) is 9.11 Å². The van der Waals surface area contributed by atoms with Crippen molar-refractivity contribution in [2.24, 2.45) is 10.8 Å². The quantitative estimate of drug-likeness (QED) is 0.496. The van der Waals surface area contributed by atoms with Gasteiger partial charge < -0.3 is 19.3 Å². The van der Waals surface area contributed by atoms with Gasteiger partial charge in [0.1, 0.15) is 23.0 Å². The molecule has 2 atom stereocenters. The van der Waals surface area contributed by atoms with Crippen molar-refractivity contribution in [1.29, 1.82) is 0 Å². The Labute approximate surface area is 142 Å². The third-order valence-electron chi connectivity index (χ3n) is 4.13. The van der Waals surface area contributed by atoms with Gasteiger partial charge in [-0.05, 0) is 58.9 Å². The third-order valence-corrected chi connectivity index (χ3v) is 7.03. The van der Waals surface area contributed by atoms with Gasteiger partial charge in [-0.25, -0.2) is 0 Å². The maximum atomic E-state index is 12.0. The zero-order valence-corrected chi connectivity index (χ0v) is 16.2. The van der Waals surface area contributed by atoms with Gasteiger partial charge in [-0.2, -0.15) is 0 Å². The molecule has 0 saturated carbocycles. The van der Waals surface area contributed by atoms with Crippen molar-refractivity contribution in [3.63, 3.8) is 0 Å². The Morgan fingerprint density at radius 1 is 0.636 bits per heavy atom. The molecule has 0 aliphatic rings. The summed E-state index contributed by atoms with van der Waals surface area (Å²) in [6.45, 7) is 8.60. The summed E-state index contributed by atoms with van der Waals surface area (Å²) in [6, 6.07) is 0. The zero-order chi connectivity index (χ0) is 17.2. The van der Waals surface area contributed by atoms with Crippen molar-refractivity contribution in [3.8, 4) is 0 Å². The van der Waals surface area contributed by atoms with Gasteiger partial charge in [0, 0.05) is 13.2 Å². The van der Waals surface area contributed by atoms with Crippen LogP contribution in [0.3, 0.4) is 0 Å². The standard InChI is InChI=1S/C16H34O4S2/c1-15(2,5-9-17)7-11-21(19)13-14-22(20)12-8-16(3,4)6-10-18/h17-18H,5-14H2,1-4H3. The van der Waals surface area contributed by atoms with Crippen LogP contribution in [0.2, 0.25) is 0 Å². The largest absolute Gasteiger partial charge is 0.616 e. The minimum Gasteiger partial charge on any atom is -0.616 e. The lowest BCUT2D eigenvalue weighted by Gasteiger charge is -2.25. The normalized spacial score (nSPS) is 15.8. The highest BCUT2D eigenvalue weighted by Gasteiger charge is 2.23.